The first-order valence-corrected chi connectivity index (χ1v) is 10.6. The molecular weight excluding hydrogens is 433 g/mol. The van der Waals surface area contributed by atoms with Crippen LogP contribution in [0.5, 0.6) is 0 Å². The van der Waals surface area contributed by atoms with Crippen LogP contribution in [0.1, 0.15) is 17.9 Å². The molecule has 0 spiro atoms. The Morgan fingerprint density at radius 3 is 2.68 bits per heavy atom. The van der Waals surface area contributed by atoms with Crippen LogP contribution >= 0.6 is 23.2 Å². The fraction of sp³-hybridized carbons (Fsp3) is 0.174. The zero-order chi connectivity index (χ0) is 21.7. The summed E-state index contributed by atoms with van der Waals surface area (Å²) < 4.78 is 1.75. The third-order valence-corrected chi connectivity index (χ3v) is 6.28. The van der Waals surface area contributed by atoms with Gasteiger partial charge in [-0.05, 0) is 59.2 Å². The van der Waals surface area contributed by atoms with Crippen LogP contribution < -0.4 is 11.1 Å². The van der Waals surface area contributed by atoms with E-state index >= 15 is 0 Å². The average Bonchev–Trinajstić information content (AvgIpc) is 3.41. The third kappa shape index (κ3) is 3.73. The van der Waals surface area contributed by atoms with Gasteiger partial charge in [0.15, 0.2) is 0 Å². The molecule has 0 bridgehead atoms. The second kappa shape index (κ2) is 7.55. The van der Waals surface area contributed by atoms with Crippen LogP contribution in [0.3, 0.4) is 0 Å². The fourth-order valence-electron chi connectivity index (χ4n) is 3.98. The number of aromatic nitrogens is 3. The first kappa shape index (κ1) is 19.8. The minimum atomic E-state index is -0.0694. The Hall–Kier alpha value is -3.09. The molecule has 1 saturated carbocycles. The van der Waals surface area contributed by atoms with Gasteiger partial charge in [-0.3, -0.25) is 9.48 Å². The number of nitrogens with zero attached hydrogens (tertiary/aromatic N) is 3. The number of fused-ring (bicyclic) bond motifs is 1. The molecule has 0 radical (unpaired) electrons. The average molecular weight is 452 g/mol. The molecule has 2 heterocycles. The van der Waals surface area contributed by atoms with Gasteiger partial charge in [0.2, 0.25) is 5.91 Å². The molecule has 5 rings (SSSR count). The highest BCUT2D eigenvalue weighted by Crippen LogP contribution is 2.48. The minimum Gasteiger partial charge on any atom is -0.398 e. The van der Waals surface area contributed by atoms with Gasteiger partial charge in [0.1, 0.15) is 5.82 Å². The number of hydrogen-bond acceptors (Lipinski definition) is 4. The van der Waals surface area contributed by atoms with Gasteiger partial charge in [0, 0.05) is 52.0 Å². The van der Waals surface area contributed by atoms with Crippen LogP contribution in [0.15, 0.2) is 55.0 Å². The molecule has 31 heavy (non-hydrogen) atoms. The van der Waals surface area contributed by atoms with Crippen molar-refractivity contribution >= 4 is 51.4 Å². The highest BCUT2D eigenvalue weighted by molar-refractivity contribution is 6.39. The number of benzene rings is 2. The summed E-state index contributed by atoms with van der Waals surface area (Å²) in [6.45, 7) is 0. The molecule has 1 amide bonds. The molecule has 8 heteroatoms. The quantitative estimate of drug-likeness (QED) is 0.414. The van der Waals surface area contributed by atoms with Crippen molar-refractivity contribution in [2.45, 2.75) is 12.3 Å². The first-order chi connectivity index (χ1) is 14.9. The lowest BCUT2D eigenvalue weighted by Gasteiger charge is -2.12. The predicted octanol–water partition coefficient (Wildman–Crippen LogP) is 5.27. The van der Waals surface area contributed by atoms with Crippen molar-refractivity contribution in [2.75, 3.05) is 11.1 Å². The Bertz CT molecular complexity index is 1310. The topological polar surface area (TPSA) is 85.8 Å². The van der Waals surface area contributed by atoms with Crippen LogP contribution in [0.25, 0.3) is 21.9 Å². The van der Waals surface area contributed by atoms with Crippen LogP contribution in [-0.4, -0.2) is 20.7 Å². The number of hydrogen-bond donors (Lipinski definition) is 2. The maximum atomic E-state index is 12.7. The van der Waals surface area contributed by atoms with Gasteiger partial charge in [0.25, 0.3) is 0 Å². The molecule has 0 saturated heterocycles. The molecule has 1 aliphatic carbocycles. The van der Waals surface area contributed by atoms with E-state index in [0.717, 1.165) is 33.9 Å². The molecule has 6 nitrogen and oxygen atoms in total. The Balaban J connectivity index is 1.42. The highest BCUT2D eigenvalue weighted by atomic mass is 35.5. The molecular formula is C23H19Cl2N5O. The lowest BCUT2D eigenvalue weighted by Crippen LogP contribution is -2.15. The number of pyridine rings is 1. The summed E-state index contributed by atoms with van der Waals surface area (Å²) in [6.07, 6.45) is 6.25. The van der Waals surface area contributed by atoms with Gasteiger partial charge in [-0.25, -0.2) is 4.98 Å². The minimum absolute atomic E-state index is 0.0426. The van der Waals surface area contributed by atoms with Crippen LogP contribution in [0.2, 0.25) is 10.0 Å². The zero-order valence-corrected chi connectivity index (χ0v) is 18.2. The van der Waals surface area contributed by atoms with Crippen molar-refractivity contribution in [1.82, 2.24) is 14.8 Å². The molecule has 2 aromatic heterocycles. The van der Waals surface area contributed by atoms with Gasteiger partial charge in [-0.15, -0.1) is 0 Å². The summed E-state index contributed by atoms with van der Waals surface area (Å²) in [4.78, 5) is 17.1. The summed E-state index contributed by atoms with van der Waals surface area (Å²) >= 11 is 12.7. The molecule has 2 aromatic carbocycles. The molecule has 2 atom stereocenters. The molecule has 1 aliphatic rings. The molecule has 156 valence electrons. The Labute approximate surface area is 189 Å². The van der Waals surface area contributed by atoms with Crippen LogP contribution in [0, 0.1) is 5.92 Å². The van der Waals surface area contributed by atoms with E-state index in [2.05, 4.69) is 15.4 Å². The number of amides is 1. The van der Waals surface area contributed by atoms with E-state index in [9.17, 15) is 4.79 Å². The number of nitrogen functional groups attached to an aromatic ring is 1. The van der Waals surface area contributed by atoms with E-state index in [4.69, 9.17) is 28.9 Å². The standard InChI is InChI=1S/C23H19Cl2N5O/c1-30-11-14(9-28-30)15-8-16(15)23(31)29-21-7-12-5-13(6-20(26)17(12)10-27-21)22-18(24)3-2-4-19(22)25/h2-7,9-11,15-16H,8,26H2,1H3,(H,27,29,31). The number of nitrogens with two attached hydrogens (primary N) is 1. The van der Waals surface area contributed by atoms with Crippen molar-refractivity contribution < 1.29 is 4.79 Å². The maximum Gasteiger partial charge on any atom is 0.229 e. The summed E-state index contributed by atoms with van der Waals surface area (Å²) in [5.41, 5.74) is 9.45. The largest absolute Gasteiger partial charge is 0.398 e. The maximum absolute atomic E-state index is 12.7. The summed E-state index contributed by atoms with van der Waals surface area (Å²) in [6, 6.07) is 11.0. The van der Waals surface area contributed by atoms with Crippen molar-refractivity contribution in [3.8, 4) is 11.1 Å². The van der Waals surface area contributed by atoms with Gasteiger partial charge in [-0.2, -0.15) is 5.10 Å². The van der Waals surface area contributed by atoms with Gasteiger partial charge in [0.05, 0.1) is 6.20 Å². The number of anilines is 2. The number of aryl methyl sites for hydroxylation is 1. The van der Waals surface area contributed by atoms with E-state index in [-0.39, 0.29) is 17.7 Å². The normalized spacial score (nSPS) is 17.6. The lowest BCUT2D eigenvalue weighted by atomic mass is 10.0. The van der Waals surface area contributed by atoms with Gasteiger partial charge >= 0.3 is 0 Å². The summed E-state index contributed by atoms with van der Waals surface area (Å²) in [5, 5.41) is 9.85. The number of carbonyl (C=O) groups excluding carboxylic acids is 1. The molecule has 1 fully saturated rings. The van der Waals surface area contributed by atoms with Crippen molar-refractivity contribution in [1.29, 1.82) is 0 Å². The first-order valence-electron chi connectivity index (χ1n) is 9.84. The van der Waals surface area contributed by atoms with Crippen molar-refractivity contribution in [3.63, 3.8) is 0 Å². The Kier molecular flexibility index (Phi) is 4.84. The molecule has 4 aromatic rings. The second-order valence-corrected chi connectivity index (χ2v) is 8.65. The van der Waals surface area contributed by atoms with Crippen LogP contribution in [-0.2, 0) is 11.8 Å². The highest BCUT2D eigenvalue weighted by Gasteiger charge is 2.44. The smallest absolute Gasteiger partial charge is 0.229 e. The Morgan fingerprint density at radius 2 is 1.97 bits per heavy atom. The number of nitrogens with one attached hydrogen (secondary N) is 1. The summed E-state index contributed by atoms with van der Waals surface area (Å²) in [7, 11) is 1.87. The number of rotatable bonds is 4. The molecule has 0 aliphatic heterocycles. The van der Waals surface area contributed by atoms with Gasteiger partial charge < -0.3 is 11.1 Å². The predicted molar refractivity (Wildman–Crippen MR) is 124 cm³/mol. The number of carbonyl (C=O) groups is 1. The van der Waals surface area contributed by atoms with E-state index in [1.54, 1.807) is 29.1 Å². The lowest BCUT2D eigenvalue weighted by molar-refractivity contribution is -0.117. The SMILES string of the molecule is Cn1cc(C2CC2C(=O)Nc2cc3cc(-c4c(Cl)cccc4Cl)cc(N)c3cn2)cn1. The fourth-order valence-corrected chi connectivity index (χ4v) is 4.59. The van der Waals surface area contributed by atoms with Crippen molar-refractivity contribution in [2.24, 2.45) is 13.0 Å². The van der Waals surface area contributed by atoms with Crippen molar-refractivity contribution in [3.05, 3.63) is 70.6 Å². The van der Waals surface area contributed by atoms with Gasteiger partial charge in [-0.1, -0.05) is 29.3 Å². The zero-order valence-electron chi connectivity index (χ0n) is 16.6. The van der Waals surface area contributed by atoms with E-state index in [0.29, 0.717) is 21.6 Å². The Morgan fingerprint density at radius 1 is 1.19 bits per heavy atom. The second-order valence-electron chi connectivity index (χ2n) is 7.84. The summed E-state index contributed by atoms with van der Waals surface area (Å²) in [5.74, 6) is 0.578. The molecule has 2 unspecified atom stereocenters. The van der Waals surface area contributed by atoms with E-state index in [1.165, 1.54) is 0 Å². The van der Waals surface area contributed by atoms with Crippen LogP contribution in [0.4, 0.5) is 11.5 Å². The van der Waals surface area contributed by atoms with E-state index in [1.807, 2.05) is 37.6 Å². The monoisotopic (exact) mass is 451 g/mol. The molecule has 3 N–H and O–H groups in total. The third-order valence-electron chi connectivity index (χ3n) is 5.65. The number of halogens is 2. The van der Waals surface area contributed by atoms with E-state index < -0.39 is 0 Å².